The number of rotatable bonds is 0. The van der Waals surface area contributed by atoms with Crippen molar-refractivity contribution in [2.45, 2.75) is 11.8 Å². The van der Waals surface area contributed by atoms with Gasteiger partial charge in [-0.25, -0.2) is 0 Å². The number of halogens is 6. The van der Waals surface area contributed by atoms with Gasteiger partial charge in [0, 0.05) is 0 Å². The fourth-order valence-electron chi connectivity index (χ4n) is 0.489. The monoisotopic (exact) mass is 286 g/mol. The van der Waals surface area contributed by atoms with E-state index in [0.717, 1.165) is 22.6 Å². The molecule has 0 saturated heterocycles. The summed E-state index contributed by atoms with van der Waals surface area (Å²) in [5.41, 5.74) is 0. The molecule has 0 aromatic heterocycles. The van der Waals surface area contributed by atoms with E-state index in [0.29, 0.717) is 0 Å². The van der Waals surface area contributed by atoms with Crippen molar-refractivity contribution < 1.29 is 17.6 Å². The Labute approximate surface area is 72.4 Å². The maximum atomic E-state index is 12.1. The van der Waals surface area contributed by atoms with Crippen molar-refractivity contribution in [1.29, 1.82) is 0 Å². The Morgan fingerprint density at radius 1 is 1.10 bits per heavy atom. The van der Waals surface area contributed by atoms with Crippen LogP contribution in [0.4, 0.5) is 17.6 Å². The molecule has 0 radical (unpaired) electrons. The lowest BCUT2D eigenvalue weighted by Crippen LogP contribution is -2.50. The van der Waals surface area contributed by atoms with Crippen molar-refractivity contribution in [1.82, 2.24) is 0 Å². The second-order valence-electron chi connectivity index (χ2n) is 1.78. The minimum absolute atomic E-state index is 0.767. The Bertz CT molecular complexity index is 187. The Hall–Kier alpha value is 0.480. The smallest absolute Gasteiger partial charge is 0.193 e. The van der Waals surface area contributed by atoms with Crippen molar-refractivity contribution >= 4 is 34.2 Å². The van der Waals surface area contributed by atoms with Crippen LogP contribution in [0.25, 0.3) is 0 Å². The minimum Gasteiger partial charge on any atom is -0.193 e. The summed E-state index contributed by atoms with van der Waals surface area (Å²) >= 11 is 5.92. The van der Waals surface area contributed by atoms with Crippen LogP contribution >= 0.6 is 34.2 Å². The van der Waals surface area contributed by atoms with E-state index in [2.05, 4.69) is 0 Å². The lowest BCUT2D eigenvalue weighted by molar-refractivity contribution is -0.175. The van der Waals surface area contributed by atoms with Crippen LogP contribution in [0.3, 0.4) is 0 Å². The van der Waals surface area contributed by atoms with Gasteiger partial charge in [-0.2, -0.15) is 17.6 Å². The highest BCUT2D eigenvalue weighted by Crippen LogP contribution is 2.59. The quantitative estimate of drug-likeness (QED) is 0.474. The highest BCUT2D eigenvalue weighted by atomic mass is 127. The van der Waals surface area contributed by atoms with E-state index < -0.39 is 20.5 Å². The van der Waals surface area contributed by atoms with Gasteiger partial charge in [-0.3, -0.25) is 0 Å². The van der Waals surface area contributed by atoms with Gasteiger partial charge in [0.2, 0.25) is 0 Å². The predicted octanol–water partition coefficient (Wildman–Crippen LogP) is 3.16. The molecule has 0 fully saturated rings. The SMILES string of the molecule is FC1(F)C(Cl)=C(I)C1(F)F. The number of allylic oxidation sites excluding steroid dienone is 2. The molecule has 6 heteroatoms. The molecule has 1 aliphatic rings. The van der Waals surface area contributed by atoms with Crippen LogP contribution in [-0.2, 0) is 0 Å². The van der Waals surface area contributed by atoms with Crippen molar-refractivity contribution in [3.8, 4) is 0 Å². The van der Waals surface area contributed by atoms with E-state index in [1.54, 1.807) is 0 Å². The first-order valence-corrected chi connectivity index (χ1v) is 3.59. The van der Waals surface area contributed by atoms with Gasteiger partial charge in [0.05, 0.1) is 3.58 Å². The van der Waals surface area contributed by atoms with Crippen molar-refractivity contribution in [3.05, 3.63) is 8.61 Å². The average Bonchev–Trinajstić information content (AvgIpc) is 1.84. The molecule has 0 unspecified atom stereocenters. The topological polar surface area (TPSA) is 0 Å². The maximum Gasteiger partial charge on any atom is 0.351 e. The molecule has 0 aromatic rings. The largest absolute Gasteiger partial charge is 0.351 e. The minimum atomic E-state index is -4.15. The molecule has 0 heterocycles. The average molecular weight is 286 g/mol. The first-order chi connectivity index (χ1) is 4.32. The third-order valence-electron chi connectivity index (χ3n) is 1.14. The van der Waals surface area contributed by atoms with E-state index in [4.69, 9.17) is 11.6 Å². The predicted molar refractivity (Wildman–Crippen MR) is 36.8 cm³/mol. The van der Waals surface area contributed by atoms with E-state index in [1.165, 1.54) is 0 Å². The maximum absolute atomic E-state index is 12.1. The molecule has 0 bridgehead atoms. The molecular weight excluding hydrogens is 286 g/mol. The summed E-state index contributed by atoms with van der Waals surface area (Å²) in [7, 11) is 0. The molecule has 0 N–H and O–H groups in total. The lowest BCUT2D eigenvalue weighted by atomic mass is 10.0. The third kappa shape index (κ3) is 0.731. The van der Waals surface area contributed by atoms with Crippen LogP contribution in [0.1, 0.15) is 0 Å². The van der Waals surface area contributed by atoms with Gasteiger partial charge >= 0.3 is 11.8 Å². The third-order valence-corrected chi connectivity index (χ3v) is 3.10. The molecule has 1 aliphatic carbocycles. The fourth-order valence-corrected chi connectivity index (χ4v) is 1.40. The zero-order valence-electron chi connectivity index (χ0n) is 4.27. The first kappa shape index (κ1) is 8.58. The number of hydrogen-bond donors (Lipinski definition) is 0. The second kappa shape index (κ2) is 2.00. The van der Waals surface area contributed by atoms with E-state index >= 15 is 0 Å². The summed E-state index contributed by atoms with van der Waals surface area (Å²) in [4.78, 5) is 0. The summed E-state index contributed by atoms with van der Waals surface area (Å²) in [5.74, 6) is -8.20. The van der Waals surface area contributed by atoms with E-state index in [9.17, 15) is 17.6 Å². The Balaban J connectivity index is 3.10. The van der Waals surface area contributed by atoms with Gasteiger partial charge in [-0.15, -0.1) is 0 Å². The van der Waals surface area contributed by atoms with Gasteiger partial charge in [-0.05, 0) is 22.6 Å². The summed E-state index contributed by atoms with van der Waals surface area (Å²) in [5, 5.41) is -1.04. The van der Waals surface area contributed by atoms with Crippen molar-refractivity contribution in [2.75, 3.05) is 0 Å². The van der Waals surface area contributed by atoms with Gasteiger partial charge in [0.15, 0.2) is 0 Å². The van der Waals surface area contributed by atoms with Crippen LogP contribution in [0.2, 0.25) is 0 Å². The van der Waals surface area contributed by atoms with E-state index in [-0.39, 0.29) is 0 Å². The standard InChI is InChI=1S/C4ClF4I/c5-1-2(10)4(8,9)3(1,6)7. The molecule has 0 aliphatic heterocycles. The summed E-state index contributed by atoms with van der Waals surface area (Å²) < 4.78 is 47.4. The molecule has 1 rings (SSSR count). The zero-order chi connectivity index (χ0) is 8.15. The molecule has 0 aromatic carbocycles. The summed E-state index contributed by atoms with van der Waals surface area (Å²) in [6.45, 7) is 0. The lowest BCUT2D eigenvalue weighted by Gasteiger charge is -2.35. The van der Waals surface area contributed by atoms with Crippen molar-refractivity contribution in [2.24, 2.45) is 0 Å². The Morgan fingerprint density at radius 3 is 1.60 bits per heavy atom. The molecule has 0 saturated carbocycles. The van der Waals surface area contributed by atoms with Gasteiger partial charge in [0.25, 0.3) is 0 Å². The number of alkyl halides is 4. The molecule has 58 valence electrons. The molecule has 0 spiro atoms. The van der Waals surface area contributed by atoms with Crippen LogP contribution < -0.4 is 0 Å². The van der Waals surface area contributed by atoms with Gasteiger partial charge in [0.1, 0.15) is 5.03 Å². The van der Waals surface area contributed by atoms with Crippen molar-refractivity contribution in [3.63, 3.8) is 0 Å². The van der Waals surface area contributed by atoms with Crippen LogP contribution in [0.15, 0.2) is 8.61 Å². The first-order valence-electron chi connectivity index (χ1n) is 2.13. The summed E-state index contributed by atoms with van der Waals surface area (Å²) in [6, 6.07) is 0. The van der Waals surface area contributed by atoms with Crippen LogP contribution in [0, 0.1) is 0 Å². The molecule has 0 amide bonds. The normalized spacial score (nSPS) is 28.2. The summed E-state index contributed by atoms with van der Waals surface area (Å²) in [6.07, 6.45) is 0. The second-order valence-corrected chi connectivity index (χ2v) is 3.23. The Kier molecular flexibility index (Phi) is 1.71. The number of hydrogen-bond acceptors (Lipinski definition) is 0. The van der Waals surface area contributed by atoms with Gasteiger partial charge in [-0.1, -0.05) is 11.6 Å². The van der Waals surface area contributed by atoms with Gasteiger partial charge < -0.3 is 0 Å². The highest BCUT2D eigenvalue weighted by molar-refractivity contribution is 14.1. The molecular formula is C4ClF4I. The molecule has 0 atom stereocenters. The molecule has 0 nitrogen and oxygen atoms in total. The van der Waals surface area contributed by atoms with Crippen LogP contribution in [-0.4, -0.2) is 11.8 Å². The molecule has 10 heavy (non-hydrogen) atoms. The Morgan fingerprint density at radius 2 is 1.50 bits per heavy atom. The fraction of sp³-hybridized carbons (Fsp3) is 0.500. The van der Waals surface area contributed by atoms with E-state index in [1.807, 2.05) is 0 Å². The zero-order valence-corrected chi connectivity index (χ0v) is 7.18. The van der Waals surface area contributed by atoms with Crippen LogP contribution in [0.5, 0.6) is 0 Å². The highest BCUT2D eigenvalue weighted by Gasteiger charge is 2.70.